The number of ether oxygens (including phenoxy) is 2. The molecule has 98 valence electrons. The van der Waals surface area contributed by atoms with Crippen molar-refractivity contribution in [2.45, 2.75) is 19.3 Å². The highest BCUT2D eigenvalue weighted by molar-refractivity contribution is 14.1. The van der Waals surface area contributed by atoms with Gasteiger partial charge in [-0.1, -0.05) is 0 Å². The van der Waals surface area contributed by atoms with Crippen LogP contribution in [0.2, 0.25) is 0 Å². The Balaban J connectivity index is 2.10. The van der Waals surface area contributed by atoms with E-state index in [0.717, 1.165) is 19.3 Å². The van der Waals surface area contributed by atoms with E-state index in [0.29, 0.717) is 25.6 Å². The van der Waals surface area contributed by atoms with Gasteiger partial charge in [-0.2, -0.15) is 0 Å². The molecule has 0 spiro atoms. The van der Waals surface area contributed by atoms with Crippen LogP contribution in [0, 0.1) is 5.92 Å². The second-order valence-electron chi connectivity index (χ2n) is 3.85. The molecule has 0 atom stereocenters. The Hall–Kier alpha value is -0.730. The molecule has 6 nitrogen and oxygen atoms in total. The Bertz CT molecular complexity index is 265. The quantitative estimate of drug-likeness (QED) is 0.475. The molecule has 0 unspecified atom stereocenters. The van der Waals surface area contributed by atoms with E-state index in [-0.39, 0.29) is 4.61 Å². The molecule has 0 aromatic heterocycles. The van der Waals surface area contributed by atoms with Gasteiger partial charge in [0, 0.05) is 13.1 Å². The average Bonchev–Trinajstić information content (AvgIpc) is 2.30. The Morgan fingerprint density at radius 1 is 1.29 bits per heavy atom. The summed E-state index contributed by atoms with van der Waals surface area (Å²) in [7, 11) is 0. The maximum atomic E-state index is 10.9. The Morgan fingerprint density at radius 3 is 2.47 bits per heavy atom. The molecule has 7 heteroatoms. The normalized spacial score (nSPS) is 16.6. The van der Waals surface area contributed by atoms with Crippen molar-refractivity contribution in [3.05, 3.63) is 0 Å². The molecule has 1 heterocycles. The van der Waals surface area contributed by atoms with Crippen molar-refractivity contribution < 1.29 is 24.2 Å². The zero-order chi connectivity index (χ0) is 12.7. The first-order valence-corrected chi connectivity index (χ1v) is 6.99. The Kier molecular flexibility index (Phi) is 6.38. The molecule has 0 aliphatic carbocycles. The second-order valence-corrected chi connectivity index (χ2v) is 4.48. The van der Waals surface area contributed by atoms with Crippen LogP contribution >= 0.6 is 22.6 Å². The largest absolute Gasteiger partial charge is 0.509 e. The molecule has 1 saturated heterocycles. The summed E-state index contributed by atoms with van der Waals surface area (Å²) < 4.78 is 9.77. The molecule has 1 fully saturated rings. The van der Waals surface area contributed by atoms with Crippen LogP contribution in [0.4, 0.5) is 9.59 Å². The first-order valence-electron chi connectivity index (χ1n) is 5.47. The molecule has 0 saturated carbocycles. The maximum Gasteiger partial charge on any atom is 0.509 e. The number of hydrogen-bond acceptors (Lipinski definition) is 4. The lowest BCUT2D eigenvalue weighted by Crippen LogP contribution is -2.37. The van der Waals surface area contributed by atoms with Gasteiger partial charge in [0.1, 0.15) is 4.61 Å². The van der Waals surface area contributed by atoms with Crippen LogP contribution in [0.15, 0.2) is 0 Å². The van der Waals surface area contributed by atoms with Gasteiger partial charge in [-0.15, -0.1) is 0 Å². The molecule has 0 radical (unpaired) electrons. The lowest BCUT2D eigenvalue weighted by Gasteiger charge is -2.29. The average molecular weight is 357 g/mol. The predicted molar refractivity (Wildman–Crippen MR) is 68.3 cm³/mol. The highest BCUT2D eigenvalue weighted by atomic mass is 127. The van der Waals surface area contributed by atoms with Gasteiger partial charge in [-0.25, -0.2) is 9.59 Å². The monoisotopic (exact) mass is 357 g/mol. The summed E-state index contributed by atoms with van der Waals surface area (Å²) in [5, 5.41) is 8.77. The number of carbonyl (C=O) groups is 2. The third-order valence-corrected chi connectivity index (χ3v) is 3.11. The zero-order valence-electron chi connectivity index (χ0n) is 9.43. The van der Waals surface area contributed by atoms with Gasteiger partial charge >= 0.3 is 12.2 Å². The molecular weight excluding hydrogens is 341 g/mol. The fraction of sp³-hybridized carbons (Fsp3) is 0.800. The zero-order valence-corrected chi connectivity index (χ0v) is 11.6. The van der Waals surface area contributed by atoms with Crippen molar-refractivity contribution in [2.24, 2.45) is 5.92 Å². The lowest BCUT2D eigenvalue weighted by molar-refractivity contribution is 0.0622. The number of likely N-dealkylation sites (tertiary alicyclic amines) is 1. The van der Waals surface area contributed by atoms with Gasteiger partial charge < -0.3 is 19.5 Å². The van der Waals surface area contributed by atoms with Gasteiger partial charge in [0.25, 0.3) is 0 Å². The minimum atomic E-state index is -0.856. The molecule has 1 N–H and O–H groups in total. The maximum absolute atomic E-state index is 10.9. The van der Waals surface area contributed by atoms with Crippen molar-refractivity contribution in [2.75, 3.05) is 24.3 Å². The summed E-state index contributed by atoms with van der Waals surface area (Å²) >= 11 is 1.92. The summed E-state index contributed by atoms with van der Waals surface area (Å²) in [6, 6.07) is 0. The van der Waals surface area contributed by atoms with Gasteiger partial charge in [-0.3, -0.25) is 0 Å². The fourth-order valence-electron chi connectivity index (χ4n) is 1.81. The fourth-order valence-corrected chi connectivity index (χ4v) is 2.06. The number of rotatable bonds is 4. The molecule has 17 heavy (non-hydrogen) atoms. The Labute approximate surface area is 113 Å². The summed E-state index contributed by atoms with van der Waals surface area (Å²) in [5.41, 5.74) is 0. The highest BCUT2D eigenvalue weighted by Crippen LogP contribution is 2.20. The van der Waals surface area contributed by atoms with E-state index >= 15 is 0 Å². The second kappa shape index (κ2) is 7.57. The molecule has 0 aromatic carbocycles. The molecule has 1 aliphatic heterocycles. The van der Waals surface area contributed by atoms with E-state index < -0.39 is 12.2 Å². The molecule has 0 aromatic rings. The van der Waals surface area contributed by atoms with Crippen molar-refractivity contribution in [1.82, 2.24) is 4.90 Å². The van der Waals surface area contributed by atoms with Crippen LogP contribution in [0.25, 0.3) is 0 Å². The van der Waals surface area contributed by atoms with Crippen molar-refractivity contribution >= 4 is 34.8 Å². The molecule has 1 amide bonds. The topological polar surface area (TPSA) is 76.1 Å². The van der Waals surface area contributed by atoms with Gasteiger partial charge in [0.15, 0.2) is 0 Å². The number of piperidine rings is 1. The third-order valence-electron chi connectivity index (χ3n) is 2.80. The number of carbonyl (C=O) groups excluding carboxylic acids is 1. The van der Waals surface area contributed by atoms with E-state index in [1.54, 1.807) is 0 Å². The summed E-state index contributed by atoms with van der Waals surface area (Å²) in [5.74, 6) is 0.429. The van der Waals surface area contributed by atoms with E-state index in [4.69, 9.17) is 9.84 Å². The van der Waals surface area contributed by atoms with Crippen LogP contribution < -0.4 is 0 Å². The highest BCUT2D eigenvalue weighted by Gasteiger charge is 2.22. The first-order chi connectivity index (χ1) is 8.13. The van der Waals surface area contributed by atoms with E-state index in [2.05, 4.69) is 4.74 Å². The standard InChI is InChI=1S/C10H16INO5/c11-7-17-10(15)16-6-3-8-1-4-12(5-2-8)9(13)14/h8H,1-7H2,(H,13,14). The smallest absolute Gasteiger partial charge is 0.465 e. The predicted octanol–water partition coefficient (Wildman–Crippen LogP) is 2.31. The van der Waals surface area contributed by atoms with E-state index in [1.165, 1.54) is 4.90 Å². The minimum Gasteiger partial charge on any atom is -0.465 e. The number of amides is 1. The van der Waals surface area contributed by atoms with Gasteiger partial charge in [0.05, 0.1) is 6.61 Å². The number of alkyl halides is 1. The molecule has 0 bridgehead atoms. The molecular formula is C10H16INO5. The molecule has 1 rings (SSSR count). The lowest BCUT2D eigenvalue weighted by atomic mass is 9.94. The third kappa shape index (κ3) is 5.42. The summed E-state index contributed by atoms with van der Waals surface area (Å²) in [6.45, 7) is 1.48. The molecule has 1 aliphatic rings. The Morgan fingerprint density at radius 2 is 1.94 bits per heavy atom. The van der Waals surface area contributed by atoms with Crippen LogP contribution in [-0.4, -0.2) is 46.6 Å². The summed E-state index contributed by atoms with van der Waals surface area (Å²) in [6.07, 6.45) is 0.935. The van der Waals surface area contributed by atoms with Crippen LogP contribution in [0.3, 0.4) is 0 Å². The summed E-state index contributed by atoms with van der Waals surface area (Å²) in [4.78, 5) is 23.0. The van der Waals surface area contributed by atoms with Crippen LogP contribution in [0.1, 0.15) is 19.3 Å². The number of halogens is 1. The van der Waals surface area contributed by atoms with Gasteiger partial charge in [-0.05, 0) is 47.8 Å². The van der Waals surface area contributed by atoms with Crippen molar-refractivity contribution in [1.29, 1.82) is 0 Å². The van der Waals surface area contributed by atoms with E-state index in [9.17, 15) is 9.59 Å². The SMILES string of the molecule is O=C(OCI)OCCC1CCN(C(=O)O)CC1. The van der Waals surface area contributed by atoms with E-state index in [1.807, 2.05) is 22.6 Å². The minimum absolute atomic E-state index is 0.285. The van der Waals surface area contributed by atoms with Crippen LogP contribution in [0.5, 0.6) is 0 Å². The van der Waals surface area contributed by atoms with Crippen molar-refractivity contribution in [3.63, 3.8) is 0 Å². The van der Waals surface area contributed by atoms with Crippen LogP contribution in [-0.2, 0) is 9.47 Å². The van der Waals surface area contributed by atoms with Crippen molar-refractivity contribution in [3.8, 4) is 0 Å². The van der Waals surface area contributed by atoms with Gasteiger partial charge in [0.2, 0.25) is 0 Å². The first kappa shape index (κ1) is 14.3. The number of nitrogens with zero attached hydrogens (tertiary/aromatic N) is 1. The number of carboxylic acid groups (broad SMARTS) is 1. The number of hydrogen-bond donors (Lipinski definition) is 1.